The van der Waals surface area contributed by atoms with Gasteiger partial charge in [-0.05, 0) is 36.8 Å². The van der Waals surface area contributed by atoms with E-state index in [4.69, 9.17) is 5.26 Å². The first kappa shape index (κ1) is 19.9. The van der Waals surface area contributed by atoms with Crippen LogP contribution in [0.2, 0.25) is 0 Å². The molecule has 0 bridgehead atoms. The van der Waals surface area contributed by atoms with Gasteiger partial charge >= 0.3 is 0 Å². The number of hydrogen-bond acceptors (Lipinski definition) is 3. The topological polar surface area (TPSA) is 73.1 Å². The molecule has 2 rings (SSSR count). The summed E-state index contributed by atoms with van der Waals surface area (Å²) in [5.41, 5.74) is 2.73. The maximum Gasteiger partial charge on any atom is 0.191 e. The molecule has 0 radical (unpaired) electrons. The van der Waals surface area contributed by atoms with E-state index in [-0.39, 0.29) is 24.0 Å². The molecule has 1 aromatic carbocycles. The van der Waals surface area contributed by atoms with Crippen LogP contribution in [0.4, 0.5) is 0 Å². The number of aromatic nitrogens is 1. The van der Waals surface area contributed by atoms with E-state index in [1.54, 1.807) is 12.3 Å². The van der Waals surface area contributed by atoms with Crippen molar-refractivity contribution in [1.29, 1.82) is 5.26 Å². The number of nitriles is 1. The summed E-state index contributed by atoms with van der Waals surface area (Å²) >= 11 is 0. The van der Waals surface area contributed by atoms with Crippen LogP contribution in [-0.4, -0.2) is 24.0 Å². The van der Waals surface area contributed by atoms with Gasteiger partial charge in [-0.15, -0.1) is 24.0 Å². The summed E-state index contributed by atoms with van der Waals surface area (Å²) < 4.78 is 0. The Bertz CT molecular complexity index is 679. The van der Waals surface area contributed by atoms with Crippen molar-refractivity contribution in [3.8, 4) is 6.07 Å². The molecule has 1 aromatic heterocycles. The molecule has 126 valence electrons. The summed E-state index contributed by atoms with van der Waals surface area (Å²) in [6.45, 7) is 4.13. The second-order valence-corrected chi connectivity index (χ2v) is 5.01. The largest absolute Gasteiger partial charge is 0.357 e. The molecule has 0 aliphatic rings. The van der Waals surface area contributed by atoms with Gasteiger partial charge in [0.2, 0.25) is 0 Å². The van der Waals surface area contributed by atoms with Crippen molar-refractivity contribution >= 4 is 29.9 Å². The van der Waals surface area contributed by atoms with Gasteiger partial charge in [0, 0.05) is 31.4 Å². The molecule has 2 N–H and O–H groups in total. The zero-order chi connectivity index (χ0) is 16.3. The van der Waals surface area contributed by atoms with Crippen molar-refractivity contribution in [3.05, 3.63) is 65.5 Å². The van der Waals surface area contributed by atoms with E-state index in [2.05, 4.69) is 26.7 Å². The minimum Gasteiger partial charge on any atom is -0.357 e. The summed E-state index contributed by atoms with van der Waals surface area (Å²) in [5.74, 6) is 0.769. The highest BCUT2D eigenvalue weighted by molar-refractivity contribution is 14.0. The van der Waals surface area contributed by atoms with Gasteiger partial charge in [-0.25, -0.2) is 4.99 Å². The molecule has 0 atom stereocenters. The lowest BCUT2D eigenvalue weighted by atomic mass is 10.1. The first-order valence-corrected chi connectivity index (χ1v) is 7.73. The Labute approximate surface area is 160 Å². The lowest BCUT2D eigenvalue weighted by Crippen LogP contribution is -2.38. The normalized spacial score (nSPS) is 10.4. The van der Waals surface area contributed by atoms with Crippen molar-refractivity contribution < 1.29 is 0 Å². The number of benzene rings is 1. The molecule has 0 saturated heterocycles. The standard InChI is InChI=1S/C18H21N5.HI/c1-2-20-18(22-11-9-17-8-3-4-10-21-17)23-14-16-7-5-6-15(12-16)13-19;/h3-8,10,12H,2,9,11,14H2,1H3,(H2,20,22,23);1H. The molecule has 6 heteroatoms. The van der Waals surface area contributed by atoms with E-state index in [1.165, 1.54) is 0 Å². The number of guanidine groups is 1. The highest BCUT2D eigenvalue weighted by Crippen LogP contribution is 2.05. The number of nitrogens with zero attached hydrogens (tertiary/aromatic N) is 3. The molecule has 0 spiro atoms. The molecule has 2 aromatic rings. The van der Waals surface area contributed by atoms with Crippen molar-refractivity contribution in [2.75, 3.05) is 13.1 Å². The van der Waals surface area contributed by atoms with E-state index in [9.17, 15) is 0 Å². The summed E-state index contributed by atoms with van der Waals surface area (Å²) in [5, 5.41) is 15.5. The molecule has 0 amide bonds. The van der Waals surface area contributed by atoms with E-state index in [1.807, 2.05) is 43.3 Å². The highest BCUT2D eigenvalue weighted by atomic mass is 127. The molecule has 0 fully saturated rings. The van der Waals surface area contributed by atoms with Gasteiger partial charge in [0.1, 0.15) is 0 Å². The predicted octanol–water partition coefficient (Wildman–Crippen LogP) is 2.87. The smallest absolute Gasteiger partial charge is 0.191 e. The fourth-order valence-corrected chi connectivity index (χ4v) is 2.11. The van der Waals surface area contributed by atoms with Crippen LogP contribution in [0.15, 0.2) is 53.7 Å². The fourth-order valence-electron chi connectivity index (χ4n) is 2.11. The van der Waals surface area contributed by atoms with E-state index >= 15 is 0 Å². The summed E-state index contributed by atoms with van der Waals surface area (Å²) in [6.07, 6.45) is 2.64. The third kappa shape index (κ3) is 6.96. The van der Waals surface area contributed by atoms with Gasteiger partial charge in [0.05, 0.1) is 18.2 Å². The van der Waals surface area contributed by atoms with Gasteiger partial charge in [-0.1, -0.05) is 18.2 Å². The Balaban J connectivity index is 0.00000288. The van der Waals surface area contributed by atoms with Crippen molar-refractivity contribution in [1.82, 2.24) is 15.6 Å². The summed E-state index contributed by atoms with van der Waals surface area (Å²) in [7, 11) is 0. The zero-order valence-corrected chi connectivity index (χ0v) is 16.0. The maximum atomic E-state index is 8.93. The van der Waals surface area contributed by atoms with Gasteiger partial charge in [0.15, 0.2) is 5.96 Å². The third-order valence-corrected chi connectivity index (χ3v) is 3.22. The van der Waals surface area contributed by atoms with Crippen LogP contribution in [-0.2, 0) is 13.0 Å². The molecule has 0 unspecified atom stereocenters. The van der Waals surface area contributed by atoms with Crippen LogP contribution < -0.4 is 10.6 Å². The Morgan fingerprint density at radius 3 is 2.79 bits per heavy atom. The van der Waals surface area contributed by atoms with Crippen LogP contribution >= 0.6 is 24.0 Å². The molecule has 0 aliphatic carbocycles. The fraction of sp³-hybridized carbons (Fsp3) is 0.278. The molecule has 0 aliphatic heterocycles. The van der Waals surface area contributed by atoms with Crippen molar-refractivity contribution in [3.63, 3.8) is 0 Å². The van der Waals surface area contributed by atoms with E-state index in [0.717, 1.165) is 36.7 Å². The number of rotatable bonds is 6. The SMILES string of the molecule is CCNC(=NCc1cccc(C#N)c1)NCCc1ccccn1.I. The minimum absolute atomic E-state index is 0. The average molecular weight is 435 g/mol. The molecule has 5 nitrogen and oxygen atoms in total. The van der Waals surface area contributed by atoms with Crippen LogP contribution in [0.5, 0.6) is 0 Å². The zero-order valence-electron chi connectivity index (χ0n) is 13.7. The van der Waals surface area contributed by atoms with Crippen molar-refractivity contribution in [2.45, 2.75) is 19.9 Å². The Morgan fingerprint density at radius 2 is 2.08 bits per heavy atom. The predicted molar refractivity (Wildman–Crippen MR) is 107 cm³/mol. The van der Waals surface area contributed by atoms with E-state index in [0.29, 0.717) is 12.1 Å². The van der Waals surface area contributed by atoms with Crippen LogP contribution in [0.25, 0.3) is 0 Å². The second-order valence-electron chi connectivity index (χ2n) is 5.01. The lowest BCUT2D eigenvalue weighted by molar-refractivity contribution is 0.788. The van der Waals surface area contributed by atoms with Crippen molar-refractivity contribution in [2.24, 2.45) is 4.99 Å². The molecular weight excluding hydrogens is 413 g/mol. The molecule has 1 heterocycles. The number of aliphatic imine (C=N–C) groups is 1. The Morgan fingerprint density at radius 1 is 1.21 bits per heavy atom. The van der Waals surface area contributed by atoms with E-state index < -0.39 is 0 Å². The minimum atomic E-state index is 0. The van der Waals surface area contributed by atoms with Crippen LogP contribution in [0, 0.1) is 11.3 Å². The number of halogens is 1. The molecular formula is C18H22IN5. The average Bonchev–Trinajstić information content (AvgIpc) is 2.61. The van der Waals surface area contributed by atoms with Gasteiger partial charge < -0.3 is 10.6 Å². The van der Waals surface area contributed by atoms with Gasteiger partial charge in [-0.3, -0.25) is 4.98 Å². The number of hydrogen-bond donors (Lipinski definition) is 2. The Hall–Kier alpha value is -2.14. The lowest BCUT2D eigenvalue weighted by Gasteiger charge is -2.11. The van der Waals surface area contributed by atoms with Gasteiger partial charge in [-0.2, -0.15) is 5.26 Å². The first-order valence-electron chi connectivity index (χ1n) is 7.73. The Kier molecular flexibility index (Phi) is 9.46. The number of nitrogens with one attached hydrogen (secondary N) is 2. The van der Waals surface area contributed by atoms with Crippen LogP contribution in [0.1, 0.15) is 23.7 Å². The summed E-state index contributed by atoms with van der Waals surface area (Å²) in [6, 6.07) is 15.6. The first-order chi connectivity index (χ1) is 11.3. The quantitative estimate of drug-likeness (QED) is 0.416. The highest BCUT2D eigenvalue weighted by Gasteiger charge is 1.99. The number of pyridine rings is 1. The molecule has 0 saturated carbocycles. The van der Waals surface area contributed by atoms with Gasteiger partial charge in [0.25, 0.3) is 0 Å². The second kappa shape index (κ2) is 11.4. The maximum absolute atomic E-state index is 8.93. The third-order valence-electron chi connectivity index (χ3n) is 3.22. The monoisotopic (exact) mass is 435 g/mol. The molecule has 24 heavy (non-hydrogen) atoms. The van der Waals surface area contributed by atoms with Crippen LogP contribution in [0.3, 0.4) is 0 Å². The summed E-state index contributed by atoms with van der Waals surface area (Å²) in [4.78, 5) is 8.86.